The van der Waals surface area contributed by atoms with Gasteiger partial charge in [-0.15, -0.1) is 0 Å². The first-order valence-corrected chi connectivity index (χ1v) is 12.7. The molecule has 0 bridgehead atoms. The zero-order valence-corrected chi connectivity index (χ0v) is 23.0. The lowest BCUT2D eigenvalue weighted by Crippen LogP contribution is -2.43. The minimum Gasteiger partial charge on any atom is -0.508 e. The van der Waals surface area contributed by atoms with Crippen molar-refractivity contribution < 1.29 is 24.5 Å². The third-order valence-electron chi connectivity index (χ3n) is 5.63. The number of nitrogen functional groups attached to an aromatic ring is 1. The maximum Gasteiger partial charge on any atom is 0.300 e. The van der Waals surface area contributed by atoms with E-state index >= 15 is 0 Å². The fourth-order valence-corrected chi connectivity index (χ4v) is 3.89. The number of nitrogens with one attached hydrogen (secondary N) is 1. The Morgan fingerprint density at radius 2 is 1.78 bits per heavy atom. The van der Waals surface area contributed by atoms with Gasteiger partial charge in [-0.2, -0.15) is 0 Å². The highest BCUT2D eigenvalue weighted by molar-refractivity contribution is 7.18. The smallest absolute Gasteiger partial charge is 0.300 e. The topological polar surface area (TPSA) is 138 Å². The monoisotopic (exact) mass is 528 g/mol. The number of aromatic hydroxyl groups is 1. The van der Waals surface area contributed by atoms with Crippen LogP contribution in [0.4, 0.5) is 16.6 Å². The molecule has 5 N–H and O–H groups in total. The number of ether oxygens (including phenoxy) is 1. The predicted molar refractivity (Wildman–Crippen MR) is 148 cm³/mol. The molecule has 200 valence electrons. The number of rotatable bonds is 10. The number of carbonyl (C=O) groups is 2. The quantitative estimate of drug-likeness (QED) is 0.263. The Balaban J connectivity index is 0.00000112. The van der Waals surface area contributed by atoms with Crippen molar-refractivity contribution >= 4 is 39.7 Å². The van der Waals surface area contributed by atoms with Crippen molar-refractivity contribution in [1.82, 2.24) is 9.88 Å². The standard InChI is InChI=1S/C25H32N4O3S.C2H4O2/c1-6-7-16-14-17(8-13-20(16)30)21(31)22-23(26)28-24(33-22)27-18-9-11-19(12-10-18)32-15-25(2,3)29(4)5;1-2(3)4/h8-14,30H,6-7,15,26H2,1-5H3,(H,27,28);1H3,(H,3,4). The van der Waals surface area contributed by atoms with Crippen LogP contribution in [0.5, 0.6) is 11.5 Å². The number of phenols is 1. The summed E-state index contributed by atoms with van der Waals surface area (Å²) in [6.45, 7) is 7.92. The largest absolute Gasteiger partial charge is 0.508 e. The van der Waals surface area contributed by atoms with Crippen molar-refractivity contribution in [3.63, 3.8) is 0 Å². The van der Waals surface area contributed by atoms with Gasteiger partial charge in [0, 0.05) is 23.7 Å². The number of ketones is 1. The van der Waals surface area contributed by atoms with Crippen molar-refractivity contribution in [2.45, 2.75) is 46.1 Å². The number of aromatic nitrogens is 1. The lowest BCUT2D eigenvalue weighted by molar-refractivity contribution is -0.134. The average Bonchev–Trinajstić information content (AvgIpc) is 3.19. The minimum atomic E-state index is -0.833. The Labute approximate surface area is 221 Å². The molecule has 1 heterocycles. The summed E-state index contributed by atoms with van der Waals surface area (Å²) < 4.78 is 5.91. The average molecular weight is 529 g/mol. The summed E-state index contributed by atoms with van der Waals surface area (Å²) in [4.78, 5) is 28.8. The van der Waals surface area contributed by atoms with Gasteiger partial charge in [-0.05, 0) is 82.4 Å². The van der Waals surface area contributed by atoms with Crippen molar-refractivity contribution in [2.24, 2.45) is 0 Å². The van der Waals surface area contributed by atoms with Crippen LogP contribution in [0.2, 0.25) is 0 Å². The molecule has 1 aromatic heterocycles. The molecule has 0 unspecified atom stereocenters. The lowest BCUT2D eigenvalue weighted by atomic mass is 10.0. The number of hydrogen-bond donors (Lipinski definition) is 4. The van der Waals surface area contributed by atoms with Gasteiger partial charge in [0.1, 0.15) is 28.8 Å². The fourth-order valence-electron chi connectivity index (χ4n) is 3.02. The van der Waals surface area contributed by atoms with E-state index in [0.29, 0.717) is 28.6 Å². The van der Waals surface area contributed by atoms with Gasteiger partial charge in [0.25, 0.3) is 5.97 Å². The molecule has 0 atom stereocenters. The van der Waals surface area contributed by atoms with E-state index in [-0.39, 0.29) is 22.9 Å². The summed E-state index contributed by atoms with van der Waals surface area (Å²) in [5.74, 6) is 0.122. The van der Waals surface area contributed by atoms with Gasteiger partial charge in [0.15, 0.2) is 5.13 Å². The second-order valence-electron chi connectivity index (χ2n) is 9.32. The molecule has 0 saturated carbocycles. The van der Waals surface area contributed by atoms with E-state index in [2.05, 4.69) is 29.0 Å². The van der Waals surface area contributed by atoms with E-state index < -0.39 is 5.97 Å². The number of nitrogens with zero attached hydrogens (tertiary/aromatic N) is 2. The molecule has 3 aromatic rings. The number of carboxylic acids is 1. The first-order valence-electron chi connectivity index (χ1n) is 11.8. The number of nitrogens with two attached hydrogens (primary N) is 1. The van der Waals surface area contributed by atoms with Crippen LogP contribution >= 0.6 is 11.3 Å². The molecular weight excluding hydrogens is 492 g/mol. The third-order valence-corrected chi connectivity index (χ3v) is 6.61. The summed E-state index contributed by atoms with van der Waals surface area (Å²) in [5, 5.41) is 21.1. The van der Waals surface area contributed by atoms with Gasteiger partial charge in [0.05, 0.1) is 0 Å². The van der Waals surface area contributed by atoms with Crippen LogP contribution in [0.25, 0.3) is 0 Å². The van der Waals surface area contributed by atoms with Crippen LogP contribution in [0.1, 0.15) is 54.9 Å². The Morgan fingerprint density at radius 3 is 2.35 bits per heavy atom. The molecule has 3 rings (SSSR count). The fraction of sp³-hybridized carbons (Fsp3) is 0.370. The molecular formula is C27H36N4O5S. The number of benzene rings is 2. The molecule has 0 spiro atoms. The second kappa shape index (κ2) is 13.1. The van der Waals surface area contributed by atoms with E-state index in [0.717, 1.165) is 30.3 Å². The molecule has 0 radical (unpaired) electrons. The Morgan fingerprint density at radius 1 is 1.16 bits per heavy atom. The summed E-state index contributed by atoms with van der Waals surface area (Å²) in [5.41, 5.74) is 8.03. The number of hydrogen-bond acceptors (Lipinski definition) is 9. The Bertz CT molecular complexity index is 1200. The summed E-state index contributed by atoms with van der Waals surface area (Å²) in [7, 11) is 4.06. The van der Waals surface area contributed by atoms with Crippen LogP contribution in [-0.2, 0) is 11.2 Å². The maximum absolute atomic E-state index is 13.0. The van der Waals surface area contributed by atoms with Gasteiger partial charge in [-0.25, -0.2) is 4.98 Å². The van der Waals surface area contributed by atoms with Gasteiger partial charge in [-0.1, -0.05) is 24.7 Å². The van der Waals surface area contributed by atoms with Crippen LogP contribution in [0, 0.1) is 0 Å². The zero-order valence-electron chi connectivity index (χ0n) is 22.2. The van der Waals surface area contributed by atoms with Crippen LogP contribution < -0.4 is 15.8 Å². The van der Waals surface area contributed by atoms with E-state index in [1.165, 1.54) is 11.3 Å². The van der Waals surface area contributed by atoms with E-state index in [1.807, 2.05) is 45.3 Å². The molecule has 9 nitrogen and oxygen atoms in total. The number of phenolic OH excluding ortho intramolecular Hbond substituents is 1. The molecule has 2 aromatic carbocycles. The number of carboxylic acid groups (broad SMARTS) is 1. The first kappa shape index (κ1) is 29.6. The summed E-state index contributed by atoms with van der Waals surface area (Å²) in [6, 6.07) is 12.5. The number of thiazole rings is 1. The SMILES string of the molecule is CC(=O)O.CCCc1cc(C(=O)c2sc(Nc3ccc(OCC(C)(C)N(C)C)cc3)nc2N)ccc1O. The highest BCUT2D eigenvalue weighted by Crippen LogP contribution is 2.31. The lowest BCUT2D eigenvalue weighted by Gasteiger charge is -2.32. The van der Waals surface area contributed by atoms with Gasteiger partial charge >= 0.3 is 0 Å². The number of carbonyl (C=O) groups excluding carboxylic acids is 1. The van der Waals surface area contributed by atoms with Crippen molar-refractivity contribution in [2.75, 3.05) is 31.8 Å². The summed E-state index contributed by atoms with van der Waals surface area (Å²) >= 11 is 1.21. The van der Waals surface area contributed by atoms with Crippen LogP contribution in [0.3, 0.4) is 0 Å². The second-order valence-corrected chi connectivity index (χ2v) is 10.3. The molecule has 0 amide bonds. The number of aryl methyl sites for hydroxylation is 1. The highest BCUT2D eigenvalue weighted by Gasteiger charge is 2.21. The maximum atomic E-state index is 13.0. The van der Waals surface area contributed by atoms with Crippen molar-refractivity contribution in [1.29, 1.82) is 0 Å². The highest BCUT2D eigenvalue weighted by atomic mass is 32.1. The van der Waals surface area contributed by atoms with Gasteiger partial charge in [0.2, 0.25) is 5.78 Å². The van der Waals surface area contributed by atoms with Crippen molar-refractivity contribution in [3.8, 4) is 11.5 Å². The molecule has 0 aliphatic heterocycles. The van der Waals surface area contributed by atoms with Crippen molar-refractivity contribution in [3.05, 3.63) is 58.5 Å². The number of anilines is 3. The first-order chi connectivity index (χ1) is 17.3. The molecule has 0 aliphatic rings. The van der Waals surface area contributed by atoms with E-state index in [1.54, 1.807) is 18.2 Å². The molecule has 0 fully saturated rings. The molecule has 0 saturated heterocycles. The minimum absolute atomic E-state index is 0.0763. The Hall–Kier alpha value is -3.63. The molecule has 10 heteroatoms. The summed E-state index contributed by atoms with van der Waals surface area (Å²) in [6.07, 6.45) is 1.57. The van der Waals surface area contributed by atoms with Gasteiger partial charge < -0.3 is 30.9 Å². The predicted octanol–water partition coefficient (Wildman–Crippen LogP) is 5.17. The molecule has 0 aliphatic carbocycles. The van der Waals surface area contributed by atoms with Crippen LogP contribution in [-0.4, -0.2) is 58.1 Å². The Kier molecular flexibility index (Phi) is 10.5. The van der Waals surface area contributed by atoms with E-state index in [4.69, 9.17) is 20.4 Å². The molecule has 37 heavy (non-hydrogen) atoms. The normalized spacial score (nSPS) is 11.0. The zero-order chi connectivity index (χ0) is 27.8. The van der Waals surface area contributed by atoms with Gasteiger partial charge in [-0.3, -0.25) is 9.59 Å². The van der Waals surface area contributed by atoms with Crippen LogP contribution in [0.15, 0.2) is 42.5 Å². The number of aliphatic carboxylic acids is 1. The third kappa shape index (κ3) is 8.76. The van der Waals surface area contributed by atoms with E-state index in [9.17, 15) is 9.90 Å². The number of likely N-dealkylation sites (N-methyl/N-ethyl adjacent to an activating group) is 1.